The second kappa shape index (κ2) is 12.0. The van der Waals surface area contributed by atoms with Crippen LogP contribution in [-0.2, 0) is 9.59 Å². The van der Waals surface area contributed by atoms with Crippen LogP contribution < -0.4 is 4.90 Å². The molecule has 1 heterocycles. The Hall–Kier alpha value is -4.04. The predicted octanol–water partition coefficient (Wildman–Crippen LogP) is 4.18. The molecule has 3 aromatic rings. The lowest BCUT2D eigenvalue weighted by Crippen LogP contribution is -2.39. The summed E-state index contributed by atoms with van der Waals surface area (Å²) in [5, 5.41) is 41.9. The van der Waals surface area contributed by atoms with Crippen molar-refractivity contribution < 1.29 is 30.0 Å². The summed E-state index contributed by atoms with van der Waals surface area (Å²) in [5.74, 6) is -2.84. The van der Waals surface area contributed by atoms with Gasteiger partial charge >= 0.3 is 0 Å². The molecule has 0 spiro atoms. The van der Waals surface area contributed by atoms with Crippen LogP contribution >= 0.6 is 0 Å². The van der Waals surface area contributed by atoms with Crippen LogP contribution in [0.4, 0.5) is 5.69 Å². The molecule has 3 aromatic carbocycles. The number of phenols is 1. The number of hydrogen-bond acceptors (Lipinski definition) is 6. The van der Waals surface area contributed by atoms with Gasteiger partial charge in [0.1, 0.15) is 5.75 Å². The molecule has 0 unspecified atom stereocenters. The van der Waals surface area contributed by atoms with E-state index >= 15 is 0 Å². The summed E-state index contributed by atoms with van der Waals surface area (Å²) in [6, 6.07) is 25.3. The van der Waals surface area contributed by atoms with Crippen molar-refractivity contribution in [2.24, 2.45) is 17.8 Å². The minimum absolute atomic E-state index is 0.160. The van der Waals surface area contributed by atoms with Crippen LogP contribution in [0.3, 0.4) is 0 Å². The van der Waals surface area contributed by atoms with Crippen molar-refractivity contribution in [1.29, 1.82) is 0 Å². The number of aromatic hydroxyl groups is 1. The molecule has 40 heavy (non-hydrogen) atoms. The third-order valence-corrected chi connectivity index (χ3v) is 8.01. The number of aliphatic hydroxyl groups excluding tert-OH is 3. The number of carbonyl (C=O) groups is 2. The van der Waals surface area contributed by atoms with Gasteiger partial charge in [-0.1, -0.05) is 66.7 Å². The summed E-state index contributed by atoms with van der Waals surface area (Å²) >= 11 is 0. The number of anilines is 1. The predicted molar refractivity (Wildman–Crippen MR) is 153 cm³/mol. The number of hydrogen-bond donors (Lipinski definition) is 4. The largest absolute Gasteiger partial charge is 0.508 e. The van der Waals surface area contributed by atoms with Crippen LogP contribution in [0, 0.1) is 17.8 Å². The number of allylic oxidation sites excluding steroid dienone is 1. The number of benzene rings is 3. The molecule has 7 heteroatoms. The minimum Gasteiger partial charge on any atom is -0.508 e. The molecule has 4 N–H and O–H groups in total. The lowest BCUT2D eigenvalue weighted by atomic mass is 9.68. The van der Waals surface area contributed by atoms with Gasteiger partial charge in [0.2, 0.25) is 11.8 Å². The molecule has 1 aliphatic heterocycles. The third kappa shape index (κ3) is 5.36. The summed E-state index contributed by atoms with van der Waals surface area (Å²) < 4.78 is 0. The highest BCUT2D eigenvalue weighted by Crippen LogP contribution is 2.47. The maximum Gasteiger partial charge on any atom is 0.238 e. The van der Waals surface area contributed by atoms with Gasteiger partial charge in [-0.15, -0.1) is 0 Å². The van der Waals surface area contributed by atoms with Crippen LogP contribution in [-0.4, -0.2) is 51.6 Å². The average Bonchev–Trinajstić information content (AvgIpc) is 3.24. The first-order valence-electron chi connectivity index (χ1n) is 13.5. The smallest absolute Gasteiger partial charge is 0.238 e. The SMILES string of the molecule is O=C1[C@@H]2[C@@H](CC(CO)=C([C@H](O)CC/C(=C/c3ccc(O)cc3)c3ccccc3)[C@@H]2CO)C(=O)N1c1ccccc1. The molecular weight excluding hydrogens is 506 g/mol. The molecule has 206 valence electrons. The van der Waals surface area contributed by atoms with Crippen LogP contribution in [0.25, 0.3) is 11.6 Å². The van der Waals surface area contributed by atoms with E-state index in [0.29, 0.717) is 23.3 Å². The molecule has 2 amide bonds. The van der Waals surface area contributed by atoms with Gasteiger partial charge in [0, 0.05) is 5.92 Å². The molecule has 4 atom stereocenters. The van der Waals surface area contributed by atoms with Gasteiger partial charge in [0.25, 0.3) is 0 Å². The summed E-state index contributed by atoms with van der Waals surface area (Å²) in [7, 11) is 0. The van der Waals surface area contributed by atoms with E-state index < -0.39 is 30.5 Å². The van der Waals surface area contributed by atoms with Crippen LogP contribution in [0.15, 0.2) is 96.1 Å². The van der Waals surface area contributed by atoms with Gasteiger partial charge in [-0.2, -0.15) is 0 Å². The number of phenolic OH excluding ortho intramolecular Hbond substituents is 1. The number of para-hydroxylation sites is 1. The summed E-state index contributed by atoms with van der Waals surface area (Å²) in [4.78, 5) is 28.1. The van der Waals surface area contributed by atoms with Crippen molar-refractivity contribution in [3.05, 3.63) is 107 Å². The second-order valence-corrected chi connectivity index (χ2v) is 10.4. The Morgan fingerprint density at radius 1 is 0.900 bits per heavy atom. The van der Waals surface area contributed by atoms with E-state index in [0.717, 1.165) is 16.7 Å². The first kappa shape index (κ1) is 27.5. The van der Waals surface area contributed by atoms with Crippen molar-refractivity contribution in [2.75, 3.05) is 18.1 Å². The van der Waals surface area contributed by atoms with Gasteiger partial charge < -0.3 is 20.4 Å². The minimum atomic E-state index is -1.03. The van der Waals surface area contributed by atoms with Crippen LogP contribution in [0.1, 0.15) is 30.4 Å². The standard InChI is InChI=1S/C33H33NO6/c35-19-24-18-27-31(33(40)34(32(27)39)25-9-5-2-6-10-25)28(20-36)30(24)29(38)16-13-23(22-7-3-1-4-8-22)17-21-11-14-26(37)15-12-21/h1-12,14-15,17,27-29,31,35-38H,13,16,18-20H2/b23-17-/t27-,28+,29-,31-/m1/s1. The summed E-state index contributed by atoms with van der Waals surface area (Å²) in [6.45, 7) is -0.790. The first-order chi connectivity index (χ1) is 19.4. The lowest BCUT2D eigenvalue weighted by Gasteiger charge is -2.36. The third-order valence-electron chi connectivity index (χ3n) is 8.01. The van der Waals surface area contributed by atoms with E-state index in [9.17, 15) is 30.0 Å². The Morgan fingerprint density at radius 2 is 1.55 bits per heavy atom. The van der Waals surface area contributed by atoms with Crippen LogP contribution in [0.2, 0.25) is 0 Å². The number of imide groups is 1. The molecule has 0 aromatic heterocycles. The Balaban J connectivity index is 1.42. The van der Waals surface area contributed by atoms with E-state index in [1.165, 1.54) is 4.90 Å². The number of rotatable bonds is 9. The van der Waals surface area contributed by atoms with Crippen molar-refractivity contribution >= 4 is 29.2 Å². The Labute approximate surface area is 233 Å². The molecule has 1 saturated heterocycles. The zero-order valence-electron chi connectivity index (χ0n) is 22.1. The number of aliphatic hydroxyl groups is 3. The van der Waals surface area contributed by atoms with E-state index in [-0.39, 0.29) is 37.0 Å². The number of amides is 2. The fourth-order valence-corrected chi connectivity index (χ4v) is 6.11. The van der Waals surface area contributed by atoms with E-state index in [1.54, 1.807) is 42.5 Å². The highest BCUT2D eigenvalue weighted by Gasteiger charge is 2.55. The molecule has 1 aliphatic carbocycles. The Bertz CT molecular complexity index is 1410. The summed E-state index contributed by atoms with van der Waals surface area (Å²) in [5.41, 5.74) is 4.28. The molecule has 0 saturated carbocycles. The van der Waals surface area contributed by atoms with Crippen molar-refractivity contribution in [2.45, 2.75) is 25.4 Å². The number of fused-ring (bicyclic) bond motifs is 1. The zero-order chi connectivity index (χ0) is 28.2. The Morgan fingerprint density at radius 3 is 2.17 bits per heavy atom. The molecule has 5 rings (SSSR count). The van der Waals surface area contributed by atoms with Gasteiger partial charge in [-0.3, -0.25) is 14.5 Å². The van der Waals surface area contributed by atoms with E-state index in [4.69, 9.17) is 0 Å². The fourth-order valence-electron chi connectivity index (χ4n) is 6.11. The van der Waals surface area contributed by atoms with Gasteiger partial charge in [-0.05, 0) is 71.4 Å². The normalized spacial score (nSPS) is 22.0. The first-order valence-corrected chi connectivity index (χ1v) is 13.5. The van der Waals surface area contributed by atoms with Gasteiger partial charge in [-0.25, -0.2) is 0 Å². The number of carbonyl (C=O) groups excluding carboxylic acids is 2. The molecule has 2 aliphatic rings. The highest BCUT2D eigenvalue weighted by atomic mass is 16.3. The van der Waals surface area contributed by atoms with Gasteiger partial charge in [0.15, 0.2) is 0 Å². The highest BCUT2D eigenvalue weighted by molar-refractivity contribution is 6.22. The Kier molecular flexibility index (Phi) is 8.26. The van der Waals surface area contributed by atoms with Crippen molar-refractivity contribution in [3.63, 3.8) is 0 Å². The molecule has 0 radical (unpaired) electrons. The monoisotopic (exact) mass is 539 g/mol. The quantitative estimate of drug-likeness (QED) is 0.184. The van der Waals surface area contributed by atoms with Crippen molar-refractivity contribution in [1.82, 2.24) is 0 Å². The van der Waals surface area contributed by atoms with E-state index in [1.807, 2.05) is 48.5 Å². The molecular formula is C33H33NO6. The average molecular weight is 540 g/mol. The van der Waals surface area contributed by atoms with Gasteiger partial charge in [0.05, 0.1) is 36.8 Å². The second-order valence-electron chi connectivity index (χ2n) is 10.4. The molecule has 7 nitrogen and oxygen atoms in total. The molecule has 1 fully saturated rings. The van der Waals surface area contributed by atoms with Crippen molar-refractivity contribution in [3.8, 4) is 5.75 Å². The lowest BCUT2D eigenvalue weighted by molar-refractivity contribution is -0.123. The summed E-state index contributed by atoms with van der Waals surface area (Å²) in [6.07, 6.45) is 1.90. The number of nitrogens with zero attached hydrogens (tertiary/aromatic N) is 1. The molecule has 0 bridgehead atoms. The van der Waals surface area contributed by atoms with E-state index in [2.05, 4.69) is 0 Å². The maximum atomic E-state index is 13.6. The maximum absolute atomic E-state index is 13.6. The zero-order valence-corrected chi connectivity index (χ0v) is 22.1. The topological polar surface area (TPSA) is 118 Å². The van der Waals surface area contributed by atoms with Crippen LogP contribution in [0.5, 0.6) is 5.75 Å². The fraction of sp³-hybridized carbons (Fsp3) is 0.273.